The highest BCUT2D eigenvalue weighted by Gasteiger charge is 2.58. The van der Waals surface area contributed by atoms with Gasteiger partial charge in [0.25, 0.3) is 0 Å². The molecule has 1 aromatic carbocycles. The number of pyridine rings is 1. The molecule has 4 aliphatic heterocycles. The molecule has 0 unspecified atom stereocenters. The number of fused-ring (bicyclic) bond motifs is 2. The molecule has 4 aliphatic rings. The van der Waals surface area contributed by atoms with E-state index in [0.717, 1.165) is 30.5 Å². The third kappa shape index (κ3) is 6.17. The molecule has 0 radical (unpaired) electrons. The number of nitrogen functional groups attached to an aromatic ring is 1. The van der Waals surface area contributed by atoms with Gasteiger partial charge < -0.3 is 20.3 Å². The van der Waals surface area contributed by atoms with Crippen molar-refractivity contribution in [3.63, 3.8) is 0 Å². The minimum absolute atomic E-state index is 0.0124. The second-order valence-electron chi connectivity index (χ2n) is 16.1. The van der Waals surface area contributed by atoms with Crippen LogP contribution in [0.2, 0.25) is 5.28 Å². The zero-order valence-corrected chi connectivity index (χ0v) is 31.9. The first-order valence-electron chi connectivity index (χ1n) is 18.6. The Morgan fingerprint density at radius 2 is 1.91 bits per heavy atom. The molecule has 4 fully saturated rings. The molecule has 4 saturated heterocycles. The number of piperidine rings is 1. The molecule has 1 amide bonds. The zero-order valence-electron chi connectivity index (χ0n) is 31.2. The summed E-state index contributed by atoms with van der Waals surface area (Å²) in [5.41, 5.74) is 0.0998. The number of aromatic nitrogens is 6. The Morgan fingerprint density at radius 1 is 1.14 bits per heavy atom. The van der Waals surface area contributed by atoms with Crippen LogP contribution in [0, 0.1) is 29.9 Å². The van der Waals surface area contributed by atoms with Gasteiger partial charge in [-0.2, -0.15) is 27.8 Å². The van der Waals surface area contributed by atoms with Crippen LogP contribution in [-0.2, 0) is 6.18 Å². The molecule has 2 N–H and O–H groups in total. The Balaban J connectivity index is 1.23. The van der Waals surface area contributed by atoms with Crippen LogP contribution in [0.15, 0.2) is 18.6 Å². The number of likely N-dealkylation sites (tertiary alicyclic amines) is 1. The van der Waals surface area contributed by atoms with Crippen molar-refractivity contribution in [1.82, 2.24) is 39.5 Å². The summed E-state index contributed by atoms with van der Waals surface area (Å²) in [7, 11) is 0. The summed E-state index contributed by atoms with van der Waals surface area (Å²) in [6.45, 7) is 8.68. The van der Waals surface area contributed by atoms with Crippen molar-refractivity contribution in [3.8, 4) is 17.3 Å². The Bertz CT molecular complexity index is 2220. The number of alkyl halides is 4. The van der Waals surface area contributed by atoms with Crippen LogP contribution >= 0.6 is 11.6 Å². The van der Waals surface area contributed by atoms with Crippen LogP contribution < -0.4 is 15.4 Å². The highest BCUT2D eigenvalue weighted by Crippen LogP contribution is 2.51. The fraction of sp³-hybridized carbons (Fsp3) is 0.568. The first kappa shape index (κ1) is 38.4. The number of carbonyl (C=O) groups is 1. The van der Waals surface area contributed by atoms with E-state index < -0.39 is 63.0 Å². The number of hydrogen-bond donors (Lipinski definition) is 1. The van der Waals surface area contributed by atoms with E-state index in [1.54, 1.807) is 4.90 Å². The van der Waals surface area contributed by atoms with Gasteiger partial charge in [-0.05, 0) is 75.2 Å². The lowest BCUT2D eigenvalue weighted by Crippen LogP contribution is -2.73. The van der Waals surface area contributed by atoms with E-state index in [1.165, 1.54) is 12.5 Å². The Kier molecular flexibility index (Phi) is 9.33. The SMILES string of the molecule is Cc1c(F)c(N)cc(-c2ncc3c(N4C[C@]5(CC[C@@H]4C)CN(C(=O)n4cnc(Cl)n4)[C@@H]5C(C)C)nc(OC[C@@]45CCCN4C[C@H](F)C5)nc3c2F)c1C(F)(F)F. The van der Waals surface area contributed by atoms with Gasteiger partial charge in [0.1, 0.15) is 42.0 Å². The quantitative estimate of drug-likeness (QED) is 0.160. The number of ether oxygens (including phenoxy) is 1. The van der Waals surface area contributed by atoms with E-state index in [-0.39, 0.29) is 71.6 Å². The van der Waals surface area contributed by atoms with E-state index in [2.05, 4.69) is 20.1 Å². The van der Waals surface area contributed by atoms with Crippen LogP contribution in [-0.4, -0.2) is 102 Å². The molecule has 300 valence electrons. The smallest absolute Gasteiger partial charge is 0.417 e. The Labute approximate surface area is 323 Å². The second-order valence-corrected chi connectivity index (χ2v) is 16.5. The van der Waals surface area contributed by atoms with Crippen molar-refractivity contribution in [3.05, 3.63) is 46.6 Å². The van der Waals surface area contributed by atoms with Crippen molar-refractivity contribution < 1.29 is 35.9 Å². The van der Waals surface area contributed by atoms with Crippen molar-refractivity contribution >= 4 is 40.0 Å². The number of anilines is 2. The normalized spacial score (nSPS) is 26.8. The standard InChI is InChI=1S/C37H41ClF6N10O2/c1-18(2)30-35(15-53(30)34(55)54-17-47-32(38)50-54)8-6-19(3)52(14-35)31-23-12-46-28(22-10-24(45)26(40)20(4)25(22)37(42,43)44)27(41)29(23)48-33(49-31)56-16-36-7-5-9-51(36)13-21(39)11-36/h10,12,17-19,21,30H,5-9,11,13-16,45H2,1-4H3/t19-,21+,30+,35+,36-/m0/s1. The van der Waals surface area contributed by atoms with Gasteiger partial charge in [0, 0.05) is 55.3 Å². The van der Waals surface area contributed by atoms with E-state index in [4.69, 9.17) is 27.1 Å². The zero-order chi connectivity index (χ0) is 40.1. The Hall–Kier alpha value is -4.45. The lowest BCUT2D eigenvalue weighted by molar-refractivity contribution is -0.137. The van der Waals surface area contributed by atoms with Gasteiger partial charge in [-0.15, -0.1) is 5.10 Å². The van der Waals surface area contributed by atoms with Gasteiger partial charge in [0.2, 0.25) is 5.28 Å². The molecule has 4 aromatic rings. The minimum atomic E-state index is -5.08. The highest BCUT2D eigenvalue weighted by atomic mass is 35.5. The predicted octanol–water partition coefficient (Wildman–Crippen LogP) is 7.06. The van der Waals surface area contributed by atoms with Crippen LogP contribution in [0.4, 0.5) is 42.6 Å². The summed E-state index contributed by atoms with van der Waals surface area (Å²) in [6, 6.07) is -0.293. The van der Waals surface area contributed by atoms with E-state index >= 15 is 4.39 Å². The third-order valence-corrected chi connectivity index (χ3v) is 12.4. The maximum absolute atomic E-state index is 17.0. The first-order chi connectivity index (χ1) is 26.4. The number of amides is 1. The summed E-state index contributed by atoms with van der Waals surface area (Å²) in [5, 5.41) is 4.03. The van der Waals surface area contributed by atoms with Crippen molar-refractivity contribution in [2.24, 2.45) is 11.3 Å². The molecule has 12 nitrogen and oxygen atoms in total. The summed E-state index contributed by atoms with van der Waals surface area (Å²) >= 11 is 5.91. The van der Waals surface area contributed by atoms with Crippen LogP contribution in [0.1, 0.15) is 64.0 Å². The third-order valence-electron chi connectivity index (χ3n) is 12.3. The number of halogens is 7. The average molecular weight is 807 g/mol. The van der Waals surface area contributed by atoms with Gasteiger partial charge in [0.15, 0.2) is 5.82 Å². The molecule has 56 heavy (non-hydrogen) atoms. The van der Waals surface area contributed by atoms with E-state index in [0.29, 0.717) is 32.5 Å². The Morgan fingerprint density at radius 3 is 2.61 bits per heavy atom. The largest absolute Gasteiger partial charge is 0.461 e. The lowest BCUT2D eigenvalue weighted by Gasteiger charge is -2.63. The number of hydrogen-bond acceptors (Lipinski definition) is 10. The van der Waals surface area contributed by atoms with Gasteiger partial charge in [-0.1, -0.05) is 13.8 Å². The van der Waals surface area contributed by atoms with Crippen molar-refractivity contribution in [2.75, 3.05) is 43.4 Å². The van der Waals surface area contributed by atoms with E-state index in [1.807, 2.05) is 30.6 Å². The van der Waals surface area contributed by atoms with Crippen LogP contribution in [0.25, 0.3) is 22.2 Å². The number of benzene rings is 1. The number of carbonyl (C=O) groups excluding carboxylic acids is 1. The summed E-state index contributed by atoms with van der Waals surface area (Å²) in [5.74, 6) is -2.22. The summed E-state index contributed by atoms with van der Waals surface area (Å²) in [4.78, 5) is 36.6. The second kappa shape index (κ2) is 13.6. The molecule has 8 rings (SSSR count). The molecule has 7 heterocycles. The average Bonchev–Trinajstić information content (AvgIpc) is 3.81. The predicted molar refractivity (Wildman–Crippen MR) is 195 cm³/mol. The van der Waals surface area contributed by atoms with Gasteiger partial charge in [0.05, 0.1) is 22.2 Å². The fourth-order valence-corrected chi connectivity index (χ4v) is 9.99. The lowest BCUT2D eigenvalue weighted by atomic mass is 9.62. The molecule has 3 aromatic heterocycles. The number of nitrogens with two attached hydrogens (primary N) is 1. The molecule has 0 bridgehead atoms. The van der Waals surface area contributed by atoms with Crippen molar-refractivity contribution in [1.29, 1.82) is 0 Å². The maximum atomic E-state index is 17.0. The molecule has 19 heteroatoms. The molecule has 0 aliphatic carbocycles. The molecule has 1 spiro atoms. The summed E-state index contributed by atoms with van der Waals surface area (Å²) in [6.07, 6.45) is -0.450. The van der Waals surface area contributed by atoms with Gasteiger partial charge in [-0.25, -0.2) is 22.9 Å². The van der Waals surface area contributed by atoms with E-state index in [9.17, 15) is 26.7 Å². The minimum Gasteiger partial charge on any atom is -0.461 e. The molecular formula is C37H41ClF6N10O2. The highest BCUT2D eigenvalue weighted by molar-refractivity contribution is 6.28. The summed E-state index contributed by atoms with van der Waals surface area (Å²) < 4.78 is 97.0. The molecular weight excluding hydrogens is 766 g/mol. The monoisotopic (exact) mass is 806 g/mol. The van der Waals surface area contributed by atoms with Crippen LogP contribution in [0.5, 0.6) is 6.01 Å². The first-order valence-corrected chi connectivity index (χ1v) is 19.0. The number of rotatable bonds is 6. The number of nitrogens with zero attached hydrogens (tertiary/aromatic N) is 9. The maximum Gasteiger partial charge on any atom is 0.417 e. The van der Waals surface area contributed by atoms with Crippen molar-refractivity contribution in [2.45, 2.75) is 89.8 Å². The molecule has 5 atom stereocenters. The topological polar surface area (TPSA) is 131 Å². The van der Waals surface area contributed by atoms with Gasteiger partial charge >= 0.3 is 18.2 Å². The fourth-order valence-electron chi connectivity index (χ4n) is 9.86. The van der Waals surface area contributed by atoms with Gasteiger partial charge in [-0.3, -0.25) is 9.88 Å². The molecule has 0 saturated carbocycles. The van der Waals surface area contributed by atoms with Crippen LogP contribution in [0.3, 0.4) is 0 Å².